The van der Waals surface area contributed by atoms with Crippen LogP contribution in [0.3, 0.4) is 0 Å². The number of nitrogens with zero attached hydrogens (tertiary/aromatic N) is 1. The maximum Gasteiger partial charge on any atom is 0.161 e. The summed E-state index contributed by atoms with van der Waals surface area (Å²) in [5.74, 6) is 0.241. The van der Waals surface area contributed by atoms with Gasteiger partial charge in [-0.25, -0.2) is 0 Å². The molecule has 0 bridgehead atoms. The van der Waals surface area contributed by atoms with Gasteiger partial charge in [0.2, 0.25) is 0 Å². The Balaban J connectivity index is 1.84. The number of allylic oxidation sites excluding steroid dienone is 2. The molecule has 1 atom stereocenters. The average molecular weight is 340 g/mol. The quantitative estimate of drug-likeness (QED) is 0.676. The largest absolute Gasteiger partial charge is 0.358 e. The molecule has 1 aliphatic heterocycles. The molecular formula is C23H20N2O. The fraction of sp³-hybridized carbons (Fsp3) is 0.217. The third-order valence-electron chi connectivity index (χ3n) is 5.78. The zero-order chi connectivity index (χ0) is 17.8. The highest BCUT2D eigenvalue weighted by Gasteiger charge is 2.37. The maximum atomic E-state index is 12.8. The summed E-state index contributed by atoms with van der Waals surface area (Å²) in [6, 6.07) is 14.8. The lowest BCUT2D eigenvalue weighted by Crippen LogP contribution is -2.20. The summed E-state index contributed by atoms with van der Waals surface area (Å²) in [4.78, 5) is 17.3. The fourth-order valence-electron chi connectivity index (χ4n) is 4.32. The van der Waals surface area contributed by atoms with E-state index in [1.807, 2.05) is 12.3 Å². The molecule has 5 rings (SSSR count). The van der Waals surface area contributed by atoms with Crippen LogP contribution in [0.1, 0.15) is 41.0 Å². The fourth-order valence-corrected chi connectivity index (χ4v) is 4.32. The van der Waals surface area contributed by atoms with Gasteiger partial charge < -0.3 is 5.32 Å². The van der Waals surface area contributed by atoms with Crippen LogP contribution in [-0.4, -0.2) is 10.8 Å². The summed E-state index contributed by atoms with van der Waals surface area (Å²) >= 11 is 0. The van der Waals surface area contributed by atoms with E-state index < -0.39 is 0 Å². The number of rotatable bonds is 1. The van der Waals surface area contributed by atoms with E-state index in [0.717, 1.165) is 34.3 Å². The normalized spacial score (nSPS) is 18.7. The summed E-state index contributed by atoms with van der Waals surface area (Å²) in [5, 5.41) is 4.66. The highest BCUT2D eigenvalue weighted by molar-refractivity contribution is 6.05. The number of hydrogen-bond acceptors (Lipinski definition) is 3. The number of fused-ring (bicyclic) bond motifs is 3. The molecule has 1 aliphatic carbocycles. The smallest absolute Gasteiger partial charge is 0.161 e. The lowest BCUT2D eigenvalue weighted by atomic mass is 9.78. The molecule has 2 aliphatic rings. The molecule has 0 saturated carbocycles. The van der Waals surface area contributed by atoms with Crippen molar-refractivity contribution in [1.29, 1.82) is 0 Å². The van der Waals surface area contributed by atoms with E-state index in [0.29, 0.717) is 6.42 Å². The van der Waals surface area contributed by atoms with Crippen molar-refractivity contribution in [2.45, 2.75) is 32.6 Å². The van der Waals surface area contributed by atoms with E-state index in [4.69, 9.17) is 0 Å². The predicted octanol–water partition coefficient (Wildman–Crippen LogP) is 5.03. The van der Waals surface area contributed by atoms with Crippen LogP contribution in [0.4, 0.5) is 5.69 Å². The SMILES string of the molecule is Cc1ccc(C2C3=C(CCC3=O)Nc3ccc4ncccc4c32)cc1C. The number of anilines is 1. The van der Waals surface area contributed by atoms with Crippen molar-refractivity contribution in [3.05, 3.63) is 82.2 Å². The Hall–Kier alpha value is -2.94. The van der Waals surface area contributed by atoms with Gasteiger partial charge in [-0.05, 0) is 60.7 Å². The van der Waals surface area contributed by atoms with Crippen LogP contribution in [0.5, 0.6) is 0 Å². The van der Waals surface area contributed by atoms with Gasteiger partial charge in [0.15, 0.2) is 5.78 Å². The number of carbonyl (C=O) groups excluding carboxylic acids is 1. The van der Waals surface area contributed by atoms with Crippen LogP contribution in [-0.2, 0) is 4.79 Å². The number of hydrogen-bond donors (Lipinski definition) is 1. The van der Waals surface area contributed by atoms with Gasteiger partial charge in [-0.1, -0.05) is 24.3 Å². The molecule has 0 radical (unpaired) electrons. The number of benzene rings is 2. The summed E-state index contributed by atoms with van der Waals surface area (Å²) in [6.45, 7) is 4.26. The van der Waals surface area contributed by atoms with E-state index in [1.165, 1.54) is 22.3 Å². The van der Waals surface area contributed by atoms with Gasteiger partial charge in [0.05, 0.1) is 5.52 Å². The van der Waals surface area contributed by atoms with Gasteiger partial charge in [-0.15, -0.1) is 0 Å². The van der Waals surface area contributed by atoms with Crippen molar-refractivity contribution < 1.29 is 4.79 Å². The molecule has 128 valence electrons. The molecule has 1 N–H and O–H groups in total. The molecule has 3 aromatic rings. The number of Topliss-reactive ketones (excluding diaryl/α,β-unsaturated/α-hetero) is 1. The number of pyridine rings is 1. The minimum absolute atomic E-state index is 0.0246. The Bertz CT molecular complexity index is 1110. The third-order valence-corrected chi connectivity index (χ3v) is 5.78. The number of nitrogens with one attached hydrogen (secondary N) is 1. The Morgan fingerprint density at radius 1 is 1.04 bits per heavy atom. The van der Waals surface area contributed by atoms with Crippen molar-refractivity contribution in [2.24, 2.45) is 0 Å². The number of carbonyl (C=O) groups is 1. The Labute approximate surface area is 152 Å². The molecule has 0 amide bonds. The van der Waals surface area contributed by atoms with E-state index in [-0.39, 0.29) is 11.7 Å². The van der Waals surface area contributed by atoms with Crippen LogP contribution in [0.15, 0.2) is 59.9 Å². The van der Waals surface area contributed by atoms with Crippen molar-refractivity contribution in [3.63, 3.8) is 0 Å². The molecule has 0 saturated heterocycles. The monoisotopic (exact) mass is 340 g/mol. The molecule has 1 aromatic heterocycles. The van der Waals surface area contributed by atoms with Crippen LogP contribution in [0.25, 0.3) is 10.9 Å². The zero-order valence-corrected chi connectivity index (χ0v) is 15.0. The first kappa shape index (κ1) is 15.3. The van der Waals surface area contributed by atoms with E-state index in [1.54, 1.807) is 0 Å². The van der Waals surface area contributed by atoms with Crippen molar-refractivity contribution in [2.75, 3.05) is 5.32 Å². The molecule has 26 heavy (non-hydrogen) atoms. The highest BCUT2D eigenvalue weighted by atomic mass is 16.1. The second kappa shape index (κ2) is 5.53. The second-order valence-electron chi connectivity index (χ2n) is 7.31. The van der Waals surface area contributed by atoms with Crippen LogP contribution >= 0.6 is 0 Å². The Kier molecular flexibility index (Phi) is 3.26. The third kappa shape index (κ3) is 2.13. The van der Waals surface area contributed by atoms with Crippen LogP contribution in [0.2, 0.25) is 0 Å². The lowest BCUT2D eigenvalue weighted by molar-refractivity contribution is -0.115. The van der Waals surface area contributed by atoms with Gasteiger partial charge in [-0.2, -0.15) is 0 Å². The highest BCUT2D eigenvalue weighted by Crippen LogP contribution is 2.48. The molecule has 1 unspecified atom stereocenters. The average Bonchev–Trinajstić information content (AvgIpc) is 3.03. The van der Waals surface area contributed by atoms with Gasteiger partial charge in [0, 0.05) is 40.9 Å². The van der Waals surface area contributed by atoms with E-state index in [9.17, 15) is 4.79 Å². The Morgan fingerprint density at radius 2 is 1.92 bits per heavy atom. The maximum absolute atomic E-state index is 12.8. The van der Waals surface area contributed by atoms with Gasteiger partial charge in [0.25, 0.3) is 0 Å². The summed E-state index contributed by atoms with van der Waals surface area (Å²) in [7, 11) is 0. The van der Waals surface area contributed by atoms with Crippen molar-refractivity contribution >= 4 is 22.4 Å². The number of aryl methyl sites for hydroxylation is 2. The van der Waals surface area contributed by atoms with Gasteiger partial charge in [-0.3, -0.25) is 9.78 Å². The Morgan fingerprint density at radius 3 is 2.77 bits per heavy atom. The van der Waals surface area contributed by atoms with Crippen molar-refractivity contribution in [3.8, 4) is 0 Å². The summed E-state index contributed by atoms with van der Waals surface area (Å²) < 4.78 is 0. The summed E-state index contributed by atoms with van der Waals surface area (Å²) in [6.07, 6.45) is 3.23. The first-order valence-corrected chi connectivity index (χ1v) is 9.11. The zero-order valence-electron chi connectivity index (χ0n) is 15.0. The molecular weight excluding hydrogens is 320 g/mol. The van der Waals surface area contributed by atoms with Crippen LogP contribution in [0, 0.1) is 13.8 Å². The minimum Gasteiger partial charge on any atom is -0.358 e. The molecule has 0 spiro atoms. The topological polar surface area (TPSA) is 42.0 Å². The number of aromatic nitrogens is 1. The lowest BCUT2D eigenvalue weighted by Gasteiger charge is -2.30. The molecule has 2 aromatic carbocycles. The molecule has 0 fully saturated rings. The van der Waals surface area contributed by atoms with Gasteiger partial charge >= 0.3 is 0 Å². The van der Waals surface area contributed by atoms with Gasteiger partial charge in [0.1, 0.15) is 0 Å². The molecule has 2 heterocycles. The minimum atomic E-state index is -0.0246. The van der Waals surface area contributed by atoms with E-state index >= 15 is 0 Å². The molecule has 3 nitrogen and oxygen atoms in total. The molecule has 3 heteroatoms. The summed E-state index contributed by atoms with van der Waals surface area (Å²) in [5.41, 5.74) is 9.00. The van der Waals surface area contributed by atoms with Crippen molar-refractivity contribution in [1.82, 2.24) is 4.98 Å². The first-order valence-electron chi connectivity index (χ1n) is 9.11. The standard InChI is InChI=1S/C23H20N2O/c1-13-5-6-15(12-14(13)2)21-22-16-4-3-11-24-17(16)7-8-18(22)25-19-9-10-20(26)23(19)21/h3-8,11-12,21,25H,9-10H2,1-2H3. The predicted molar refractivity (Wildman–Crippen MR) is 104 cm³/mol. The van der Waals surface area contributed by atoms with Crippen LogP contribution < -0.4 is 5.32 Å². The first-order chi connectivity index (χ1) is 12.6. The second-order valence-corrected chi connectivity index (χ2v) is 7.31. The van der Waals surface area contributed by atoms with E-state index in [2.05, 4.69) is 60.5 Å². The number of ketones is 1.